The highest BCUT2D eigenvalue weighted by molar-refractivity contribution is 6.44. The summed E-state index contributed by atoms with van der Waals surface area (Å²) in [6.07, 6.45) is -4.63. The highest BCUT2D eigenvalue weighted by Crippen LogP contribution is 2.34. The van der Waals surface area contributed by atoms with Gasteiger partial charge in [-0.2, -0.15) is 13.2 Å². The molecule has 1 aromatic carbocycles. The van der Waals surface area contributed by atoms with Crippen LogP contribution in [0.5, 0.6) is 0 Å². The SMILES string of the molecule is CCN1C(=O)C(=O)N(CN(C)CC(=O)Nc2ccccc2C(F)(F)F)C1=O. The van der Waals surface area contributed by atoms with Crippen molar-refractivity contribution >= 4 is 29.4 Å². The number of nitrogens with zero attached hydrogens (tertiary/aromatic N) is 3. The molecule has 1 aliphatic rings. The van der Waals surface area contributed by atoms with Crippen LogP contribution in [0.2, 0.25) is 0 Å². The lowest BCUT2D eigenvalue weighted by Gasteiger charge is -2.22. The maximum absolute atomic E-state index is 12.9. The Morgan fingerprint density at radius 1 is 1.11 bits per heavy atom. The molecule has 27 heavy (non-hydrogen) atoms. The molecule has 0 aromatic heterocycles. The van der Waals surface area contributed by atoms with Crippen molar-refractivity contribution in [2.24, 2.45) is 0 Å². The molecule has 1 heterocycles. The van der Waals surface area contributed by atoms with E-state index in [-0.39, 0.29) is 13.2 Å². The first kappa shape index (κ1) is 20.4. The van der Waals surface area contributed by atoms with Gasteiger partial charge < -0.3 is 5.32 Å². The monoisotopic (exact) mass is 386 g/mol. The Hall–Kier alpha value is -2.95. The summed E-state index contributed by atoms with van der Waals surface area (Å²) in [4.78, 5) is 50.1. The predicted octanol–water partition coefficient (Wildman–Crippen LogP) is 1.34. The molecule has 1 aromatic rings. The summed E-state index contributed by atoms with van der Waals surface area (Å²) in [7, 11) is 1.38. The summed E-state index contributed by atoms with van der Waals surface area (Å²) < 4.78 is 38.8. The lowest BCUT2D eigenvalue weighted by Crippen LogP contribution is -2.43. The largest absolute Gasteiger partial charge is 0.418 e. The van der Waals surface area contributed by atoms with Gasteiger partial charge in [0.25, 0.3) is 0 Å². The van der Waals surface area contributed by atoms with Crippen LogP contribution in [-0.4, -0.2) is 65.3 Å². The van der Waals surface area contributed by atoms with E-state index in [1.54, 1.807) is 0 Å². The number of anilines is 1. The second kappa shape index (κ2) is 7.74. The van der Waals surface area contributed by atoms with Crippen molar-refractivity contribution in [1.82, 2.24) is 14.7 Å². The van der Waals surface area contributed by atoms with Crippen LogP contribution in [0.1, 0.15) is 12.5 Å². The Labute approximate surface area is 152 Å². The second-order valence-electron chi connectivity index (χ2n) is 5.81. The summed E-state index contributed by atoms with van der Waals surface area (Å²) >= 11 is 0. The van der Waals surface area contributed by atoms with Gasteiger partial charge in [0.15, 0.2) is 0 Å². The molecule has 1 saturated heterocycles. The van der Waals surface area contributed by atoms with E-state index in [1.165, 1.54) is 31.0 Å². The van der Waals surface area contributed by atoms with Crippen LogP contribution in [0.3, 0.4) is 0 Å². The van der Waals surface area contributed by atoms with Gasteiger partial charge in [-0.3, -0.25) is 24.2 Å². The van der Waals surface area contributed by atoms with Gasteiger partial charge in [0.05, 0.1) is 24.5 Å². The molecule has 0 unspecified atom stereocenters. The number of imide groups is 2. The average molecular weight is 386 g/mol. The molecule has 0 saturated carbocycles. The number of halogens is 3. The Balaban J connectivity index is 2.00. The maximum Gasteiger partial charge on any atom is 0.418 e. The zero-order chi connectivity index (χ0) is 20.4. The van der Waals surface area contributed by atoms with Gasteiger partial charge in [0.2, 0.25) is 5.91 Å². The van der Waals surface area contributed by atoms with E-state index in [1.807, 2.05) is 0 Å². The zero-order valence-corrected chi connectivity index (χ0v) is 14.5. The van der Waals surface area contributed by atoms with Gasteiger partial charge in [0.1, 0.15) is 0 Å². The predicted molar refractivity (Wildman–Crippen MR) is 87.2 cm³/mol. The molecule has 2 rings (SSSR count). The van der Waals surface area contributed by atoms with Gasteiger partial charge in [-0.15, -0.1) is 0 Å². The third-order valence-corrected chi connectivity index (χ3v) is 3.75. The quantitative estimate of drug-likeness (QED) is 0.589. The minimum absolute atomic E-state index is 0.0261. The summed E-state index contributed by atoms with van der Waals surface area (Å²) in [6.45, 7) is 0.804. The molecule has 0 radical (unpaired) electrons. The molecule has 1 aliphatic heterocycles. The van der Waals surface area contributed by atoms with E-state index >= 15 is 0 Å². The van der Waals surface area contributed by atoms with Crippen molar-refractivity contribution in [3.05, 3.63) is 29.8 Å². The van der Waals surface area contributed by atoms with E-state index in [4.69, 9.17) is 0 Å². The summed E-state index contributed by atoms with van der Waals surface area (Å²) in [5.41, 5.74) is -1.39. The van der Waals surface area contributed by atoms with Crippen LogP contribution in [0.25, 0.3) is 0 Å². The molecule has 0 spiro atoms. The van der Waals surface area contributed by atoms with E-state index < -0.39 is 47.7 Å². The number of para-hydroxylation sites is 1. The summed E-state index contributed by atoms with van der Waals surface area (Å²) in [6, 6.07) is 3.70. The molecule has 5 amide bonds. The molecular formula is C16H17F3N4O4. The van der Waals surface area contributed by atoms with E-state index in [0.29, 0.717) is 4.90 Å². The van der Waals surface area contributed by atoms with Gasteiger partial charge in [-0.05, 0) is 26.1 Å². The van der Waals surface area contributed by atoms with Crippen LogP contribution in [0.4, 0.5) is 23.7 Å². The van der Waals surface area contributed by atoms with Gasteiger partial charge in [-0.25, -0.2) is 9.69 Å². The number of carbonyl (C=O) groups is 4. The van der Waals surface area contributed by atoms with E-state index in [9.17, 15) is 32.3 Å². The number of amides is 5. The molecular weight excluding hydrogens is 369 g/mol. The van der Waals surface area contributed by atoms with Gasteiger partial charge in [0, 0.05) is 6.54 Å². The smallest absolute Gasteiger partial charge is 0.324 e. The van der Waals surface area contributed by atoms with Crippen LogP contribution in [0.15, 0.2) is 24.3 Å². The Bertz CT molecular complexity index is 781. The summed E-state index contributed by atoms with van der Waals surface area (Å²) in [5, 5.41) is 2.16. The summed E-state index contributed by atoms with van der Waals surface area (Å²) in [5.74, 6) is -2.75. The number of hydrogen-bond acceptors (Lipinski definition) is 5. The fraction of sp³-hybridized carbons (Fsp3) is 0.375. The number of likely N-dealkylation sites (N-methyl/N-ethyl adjacent to an activating group) is 2. The first-order valence-corrected chi connectivity index (χ1v) is 7.88. The third-order valence-electron chi connectivity index (χ3n) is 3.75. The van der Waals surface area contributed by atoms with Crippen molar-refractivity contribution in [3.63, 3.8) is 0 Å². The Morgan fingerprint density at radius 2 is 1.70 bits per heavy atom. The van der Waals surface area contributed by atoms with Crippen molar-refractivity contribution in [2.75, 3.05) is 32.1 Å². The van der Waals surface area contributed by atoms with Crippen LogP contribution in [0, 0.1) is 0 Å². The van der Waals surface area contributed by atoms with Crippen LogP contribution >= 0.6 is 0 Å². The molecule has 0 atom stereocenters. The maximum atomic E-state index is 12.9. The highest BCUT2D eigenvalue weighted by atomic mass is 19.4. The third kappa shape index (κ3) is 4.42. The van der Waals surface area contributed by atoms with Gasteiger partial charge >= 0.3 is 24.0 Å². The number of carbonyl (C=O) groups excluding carboxylic acids is 4. The standard InChI is InChI=1S/C16H17F3N4O4/c1-3-22-13(25)14(26)23(15(22)27)9-21(2)8-12(24)20-11-7-5-4-6-10(11)16(17,18)19/h4-7H,3,8-9H2,1-2H3,(H,20,24). The van der Waals surface area contributed by atoms with E-state index in [2.05, 4.69) is 5.32 Å². The minimum atomic E-state index is -4.63. The lowest BCUT2D eigenvalue weighted by molar-refractivity contribution is -0.143. The van der Waals surface area contributed by atoms with Crippen molar-refractivity contribution in [1.29, 1.82) is 0 Å². The fourth-order valence-electron chi connectivity index (χ4n) is 2.52. The van der Waals surface area contributed by atoms with Crippen molar-refractivity contribution < 1.29 is 32.3 Å². The van der Waals surface area contributed by atoms with Crippen molar-refractivity contribution in [2.45, 2.75) is 13.1 Å². The molecule has 0 bridgehead atoms. The molecule has 1 N–H and O–H groups in total. The van der Waals surface area contributed by atoms with Gasteiger partial charge in [-0.1, -0.05) is 12.1 Å². The fourth-order valence-corrected chi connectivity index (χ4v) is 2.52. The van der Waals surface area contributed by atoms with Crippen LogP contribution in [-0.2, 0) is 20.6 Å². The zero-order valence-electron chi connectivity index (χ0n) is 14.5. The number of nitrogens with one attached hydrogen (secondary N) is 1. The number of urea groups is 1. The van der Waals surface area contributed by atoms with Crippen LogP contribution < -0.4 is 5.32 Å². The first-order chi connectivity index (χ1) is 12.6. The normalized spacial score (nSPS) is 15.1. The van der Waals surface area contributed by atoms with E-state index in [0.717, 1.165) is 17.0 Å². The first-order valence-electron chi connectivity index (χ1n) is 7.88. The Morgan fingerprint density at radius 3 is 2.26 bits per heavy atom. The highest BCUT2D eigenvalue weighted by Gasteiger charge is 2.43. The number of benzene rings is 1. The molecule has 1 fully saturated rings. The average Bonchev–Trinajstić information content (AvgIpc) is 2.77. The second-order valence-corrected chi connectivity index (χ2v) is 5.81. The van der Waals surface area contributed by atoms with Crippen molar-refractivity contribution in [3.8, 4) is 0 Å². The molecule has 0 aliphatic carbocycles. The number of rotatable bonds is 6. The molecule has 146 valence electrons. The number of hydrogen-bond donors (Lipinski definition) is 1. The topological polar surface area (TPSA) is 90.0 Å². The number of alkyl halides is 3. The minimum Gasteiger partial charge on any atom is -0.324 e. The lowest BCUT2D eigenvalue weighted by atomic mass is 10.1. The Kier molecular flexibility index (Phi) is 5.84. The molecule has 8 nitrogen and oxygen atoms in total. The molecule has 11 heteroatoms.